The highest BCUT2D eigenvalue weighted by atomic mass is 32.2. The lowest BCUT2D eigenvalue weighted by Gasteiger charge is -2.04. The topological polar surface area (TPSA) is 85.8 Å². The lowest BCUT2D eigenvalue weighted by molar-refractivity contribution is -0.121. The lowest BCUT2D eigenvalue weighted by Crippen LogP contribution is -2.27. The third-order valence-corrected chi connectivity index (χ3v) is 3.61. The SMILES string of the molecule is CSCc1noc(CNC(=O)Cn2cnc3ccccc32)n1. The number of nitrogens with zero attached hydrogens (tertiary/aromatic N) is 4. The average molecular weight is 317 g/mol. The molecule has 0 bridgehead atoms. The van der Waals surface area contributed by atoms with E-state index < -0.39 is 0 Å². The van der Waals surface area contributed by atoms with Gasteiger partial charge in [-0.15, -0.1) is 0 Å². The summed E-state index contributed by atoms with van der Waals surface area (Å²) in [4.78, 5) is 20.4. The van der Waals surface area contributed by atoms with Crippen molar-refractivity contribution in [3.8, 4) is 0 Å². The first-order chi connectivity index (χ1) is 10.8. The lowest BCUT2D eigenvalue weighted by atomic mass is 10.3. The molecule has 114 valence electrons. The van der Waals surface area contributed by atoms with Crippen molar-refractivity contribution in [3.05, 3.63) is 42.3 Å². The molecule has 2 heterocycles. The molecule has 1 aromatic carbocycles. The summed E-state index contributed by atoms with van der Waals surface area (Å²) in [6, 6.07) is 7.68. The second-order valence-corrected chi connectivity index (χ2v) is 5.54. The Balaban J connectivity index is 1.58. The molecule has 0 fully saturated rings. The standard InChI is InChI=1S/C14H15N5O2S/c1-22-8-12-17-14(21-18-12)6-15-13(20)7-19-9-16-10-4-2-3-5-11(10)19/h2-5,9H,6-8H2,1H3,(H,15,20). The molecule has 7 nitrogen and oxygen atoms in total. The Hall–Kier alpha value is -2.35. The fourth-order valence-corrected chi connectivity index (χ4v) is 2.45. The first-order valence-corrected chi connectivity index (χ1v) is 8.12. The monoisotopic (exact) mass is 317 g/mol. The van der Waals surface area contributed by atoms with Crippen LogP contribution in [-0.4, -0.2) is 31.9 Å². The Kier molecular flexibility index (Phi) is 4.38. The molecule has 2 aromatic heterocycles. The minimum absolute atomic E-state index is 0.132. The average Bonchev–Trinajstić information content (AvgIpc) is 3.13. The van der Waals surface area contributed by atoms with E-state index in [1.165, 1.54) is 0 Å². The Morgan fingerprint density at radius 2 is 2.27 bits per heavy atom. The first kappa shape index (κ1) is 14.6. The van der Waals surface area contributed by atoms with E-state index >= 15 is 0 Å². The van der Waals surface area contributed by atoms with Gasteiger partial charge in [0.2, 0.25) is 11.8 Å². The van der Waals surface area contributed by atoms with Gasteiger partial charge in [0.05, 0.1) is 29.7 Å². The summed E-state index contributed by atoms with van der Waals surface area (Å²) in [5.74, 6) is 1.61. The van der Waals surface area contributed by atoms with Crippen LogP contribution in [0.15, 0.2) is 35.1 Å². The van der Waals surface area contributed by atoms with Crippen LogP contribution >= 0.6 is 11.8 Å². The van der Waals surface area contributed by atoms with Crippen LogP contribution in [0.4, 0.5) is 0 Å². The number of rotatable bonds is 6. The van der Waals surface area contributed by atoms with Crippen LogP contribution in [0.25, 0.3) is 11.0 Å². The molecule has 0 atom stereocenters. The van der Waals surface area contributed by atoms with Crippen LogP contribution < -0.4 is 5.32 Å². The van der Waals surface area contributed by atoms with Crippen LogP contribution in [0.5, 0.6) is 0 Å². The molecule has 3 rings (SSSR count). The number of benzene rings is 1. The Morgan fingerprint density at radius 3 is 3.14 bits per heavy atom. The van der Waals surface area contributed by atoms with Crippen LogP contribution in [0.2, 0.25) is 0 Å². The van der Waals surface area contributed by atoms with E-state index in [1.807, 2.05) is 30.5 Å². The van der Waals surface area contributed by atoms with Crippen molar-refractivity contribution in [2.24, 2.45) is 0 Å². The number of hydrogen-bond acceptors (Lipinski definition) is 6. The van der Waals surface area contributed by atoms with Crippen LogP contribution in [-0.2, 0) is 23.6 Å². The number of fused-ring (bicyclic) bond motifs is 1. The van der Waals surface area contributed by atoms with Gasteiger partial charge in [0.25, 0.3) is 0 Å². The van der Waals surface area contributed by atoms with Crippen molar-refractivity contribution in [3.63, 3.8) is 0 Å². The Morgan fingerprint density at radius 1 is 1.41 bits per heavy atom. The summed E-state index contributed by atoms with van der Waals surface area (Å²) in [7, 11) is 0. The smallest absolute Gasteiger partial charge is 0.246 e. The molecule has 0 saturated carbocycles. The number of hydrogen-bond donors (Lipinski definition) is 1. The maximum Gasteiger partial charge on any atom is 0.246 e. The molecule has 22 heavy (non-hydrogen) atoms. The summed E-state index contributed by atoms with van der Waals surface area (Å²) in [5, 5.41) is 6.59. The second-order valence-electron chi connectivity index (χ2n) is 4.68. The van der Waals surface area contributed by atoms with Crippen molar-refractivity contribution < 1.29 is 9.32 Å². The van der Waals surface area contributed by atoms with Gasteiger partial charge in [-0.3, -0.25) is 4.79 Å². The first-order valence-electron chi connectivity index (χ1n) is 6.73. The maximum absolute atomic E-state index is 12.0. The number of carbonyl (C=O) groups excluding carboxylic acids is 1. The molecule has 0 unspecified atom stereocenters. The van der Waals surface area contributed by atoms with Crippen LogP contribution in [0.3, 0.4) is 0 Å². The van der Waals surface area contributed by atoms with Crippen molar-refractivity contribution in [1.82, 2.24) is 25.0 Å². The van der Waals surface area contributed by atoms with Crippen molar-refractivity contribution in [1.29, 1.82) is 0 Å². The fourth-order valence-electron chi connectivity index (χ4n) is 2.07. The largest absolute Gasteiger partial charge is 0.345 e. The highest BCUT2D eigenvalue weighted by Crippen LogP contribution is 2.11. The third kappa shape index (κ3) is 3.28. The molecule has 0 saturated heterocycles. The van der Waals surface area contributed by atoms with E-state index in [1.54, 1.807) is 22.7 Å². The second kappa shape index (κ2) is 6.61. The van der Waals surface area contributed by atoms with E-state index in [9.17, 15) is 4.79 Å². The molecule has 0 aliphatic rings. The number of aromatic nitrogens is 4. The van der Waals surface area contributed by atoms with E-state index in [0.29, 0.717) is 17.5 Å². The van der Waals surface area contributed by atoms with Crippen LogP contribution in [0, 0.1) is 0 Å². The minimum atomic E-state index is -0.132. The van der Waals surface area contributed by atoms with Gasteiger partial charge in [0, 0.05) is 0 Å². The summed E-state index contributed by atoms with van der Waals surface area (Å²) in [5.41, 5.74) is 1.80. The maximum atomic E-state index is 12.0. The van der Waals surface area contributed by atoms with E-state index in [-0.39, 0.29) is 19.0 Å². The van der Waals surface area contributed by atoms with E-state index in [2.05, 4.69) is 20.4 Å². The number of thioether (sulfide) groups is 1. The summed E-state index contributed by atoms with van der Waals surface area (Å²) in [6.07, 6.45) is 3.63. The van der Waals surface area contributed by atoms with Gasteiger partial charge in [0.15, 0.2) is 5.82 Å². The van der Waals surface area contributed by atoms with E-state index in [4.69, 9.17) is 4.52 Å². The van der Waals surface area contributed by atoms with Gasteiger partial charge < -0.3 is 14.4 Å². The molecule has 0 aliphatic carbocycles. The summed E-state index contributed by atoms with van der Waals surface area (Å²) >= 11 is 1.61. The quantitative estimate of drug-likeness (QED) is 0.743. The Bertz CT molecular complexity index is 782. The predicted molar refractivity (Wildman–Crippen MR) is 83.1 cm³/mol. The van der Waals surface area contributed by atoms with Crippen molar-refractivity contribution >= 4 is 28.7 Å². The van der Waals surface area contributed by atoms with Crippen LogP contribution in [0.1, 0.15) is 11.7 Å². The highest BCUT2D eigenvalue weighted by molar-refractivity contribution is 7.97. The van der Waals surface area contributed by atoms with Gasteiger partial charge in [-0.2, -0.15) is 16.7 Å². The van der Waals surface area contributed by atoms with Gasteiger partial charge in [0.1, 0.15) is 6.54 Å². The highest BCUT2D eigenvalue weighted by Gasteiger charge is 2.09. The molecule has 0 spiro atoms. The van der Waals surface area contributed by atoms with Crippen molar-refractivity contribution in [2.45, 2.75) is 18.8 Å². The third-order valence-electron chi connectivity index (χ3n) is 3.06. The zero-order valence-corrected chi connectivity index (χ0v) is 12.8. The zero-order chi connectivity index (χ0) is 15.4. The van der Waals surface area contributed by atoms with Gasteiger partial charge >= 0.3 is 0 Å². The number of nitrogens with one attached hydrogen (secondary N) is 1. The predicted octanol–water partition coefficient (Wildman–Crippen LogP) is 1.60. The normalized spacial score (nSPS) is 11.0. The fraction of sp³-hybridized carbons (Fsp3) is 0.286. The molecular formula is C14H15N5O2S. The summed E-state index contributed by atoms with van der Waals surface area (Å²) in [6.45, 7) is 0.430. The molecule has 0 radical (unpaired) electrons. The molecular weight excluding hydrogens is 302 g/mol. The summed E-state index contributed by atoms with van der Waals surface area (Å²) < 4.78 is 6.87. The zero-order valence-electron chi connectivity index (χ0n) is 12.0. The van der Waals surface area contributed by atoms with Crippen molar-refractivity contribution in [2.75, 3.05) is 6.26 Å². The van der Waals surface area contributed by atoms with Gasteiger partial charge in [-0.1, -0.05) is 17.3 Å². The minimum Gasteiger partial charge on any atom is -0.345 e. The molecule has 1 N–H and O–H groups in total. The molecule has 3 aromatic rings. The molecule has 0 aliphatic heterocycles. The number of imidazole rings is 1. The number of para-hydroxylation sites is 2. The Labute approximate surface area is 131 Å². The van der Waals surface area contributed by atoms with Gasteiger partial charge in [-0.05, 0) is 18.4 Å². The molecule has 1 amide bonds. The number of carbonyl (C=O) groups is 1. The number of amides is 1. The van der Waals surface area contributed by atoms with Gasteiger partial charge in [-0.25, -0.2) is 4.98 Å². The molecule has 8 heteroatoms. The van der Waals surface area contributed by atoms with E-state index in [0.717, 1.165) is 11.0 Å².